The zero-order chi connectivity index (χ0) is 14.0. The van der Waals surface area contributed by atoms with Crippen molar-refractivity contribution in [2.45, 2.75) is 6.42 Å². The van der Waals surface area contributed by atoms with Gasteiger partial charge in [0.2, 0.25) is 5.95 Å². The van der Waals surface area contributed by atoms with Gasteiger partial charge in [0, 0.05) is 10.6 Å². The van der Waals surface area contributed by atoms with E-state index >= 15 is 0 Å². The monoisotopic (exact) mass is 314 g/mol. The molecule has 2 nitrogen and oxygen atoms in total. The fraction of sp³-hybridized carbons (Fsp3) is 0.0769. The standard InChI is InChI=1S/C13H6Cl3FN2/c14-8-5-9(15)12(10(16)6-8)13-7(3-4-18)1-2-11(17)19-13/h1-2,5-6H,3H2. The highest BCUT2D eigenvalue weighted by molar-refractivity contribution is 6.41. The summed E-state index contributed by atoms with van der Waals surface area (Å²) in [6, 6.07) is 7.65. The van der Waals surface area contributed by atoms with Crippen molar-refractivity contribution in [3.05, 3.63) is 50.8 Å². The first kappa shape index (κ1) is 14.1. The van der Waals surface area contributed by atoms with Crippen molar-refractivity contribution in [2.75, 3.05) is 0 Å². The highest BCUT2D eigenvalue weighted by Crippen LogP contribution is 2.37. The minimum atomic E-state index is -0.668. The zero-order valence-corrected chi connectivity index (χ0v) is 11.7. The number of halogens is 4. The van der Waals surface area contributed by atoms with E-state index in [1.54, 1.807) is 0 Å². The summed E-state index contributed by atoms with van der Waals surface area (Å²) in [6.07, 6.45) is 0.0812. The van der Waals surface area contributed by atoms with Crippen LogP contribution in [0.2, 0.25) is 15.1 Å². The number of hydrogen-bond donors (Lipinski definition) is 0. The van der Waals surface area contributed by atoms with Crippen molar-refractivity contribution < 1.29 is 4.39 Å². The number of rotatable bonds is 2. The quantitative estimate of drug-likeness (QED) is 0.738. The lowest BCUT2D eigenvalue weighted by atomic mass is 10.0. The molecule has 0 amide bonds. The third-order valence-electron chi connectivity index (χ3n) is 2.46. The van der Waals surface area contributed by atoms with Crippen molar-refractivity contribution in [3.8, 4) is 17.3 Å². The second kappa shape index (κ2) is 5.75. The van der Waals surface area contributed by atoms with Gasteiger partial charge < -0.3 is 0 Å². The summed E-state index contributed by atoms with van der Waals surface area (Å²) in [5.74, 6) is -0.668. The fourth-order valence-electron chi connectivity index (χ4n) is 1.68. The Morgan fingerprint density at radius 1 is 1.16 bits per heavy atom. The normalized spacial score (nSPS) is 10.3. The van der Waals surface area contributed by atoms with E-state index in [4.69, 9.17) is 40.1 Å². The minimum Gasteiger partial charge on any atom is -0.219 e. The molecule has 1 aromatic heterocycles. The molecule has 0 bridgehead atoms. The first-order valence-electron chi connectivity index (χ1n) is 5.20. The Hall–Kier alpha value is -1.34. The van der Waals surface area contributed by atoms with E-state index in [0.717, 1.165) is 0 Å². The molecule has 0 aliphatic carbocycles. The van der Waals surface area contributed by atoms with Crippen LogP contribution in [0.4, 0.5) is 4.39 Å². The Morgan fingerprint density at radius 3 is 2.37 bits per heavy atom. The number of nitriles is 1. The van der Waals surface area contributed by atoms with Crippen molar-refractivity contribution in [1.29, 1.82) is 5.26 Å². The molecule has 2 aromatic rings. The molecule has 1 aromatic carbocycles. The van der Waals surface area contributed by atoms with Gasteiger partial charge in [-0.3, -0.25) is 0 Å². The van der Waals surface area contributed by atoms with Crippen LogP contribution in [0.1, 0.15) is 5.56 Å². The molecule has 0 radical (unpaired) electrons. The second-order valence-electron chi connectivity index (χ2n) is 3.72. The molecule has 6 heteroatoms. The van der Waals surface area contributed by atoms with Crippen LogP contribution in [0.25, 0.3) is 11.3 Å². The van der Waals surface area contributed by atoms with Gasteiger partial charge >= 0.3 is 0 Å². The van der Waals surface area contributed by atoms with E-state index in [0.29, 0.717) is 16.1 Å². The first-order valence-corrected chi connectivity index (χ1v) is 6.33. The van der Waals surface area contributed by atoms with Gasteiger partial charge in [0.15, 0.2) is 0 Å². The van der Waals surface area contributed by atoms with Gasteiger partial charge in [-0.25, -0.2) is 4.98 Å². The van der Waals surface area contributed by atoms with Crippen LogP contribution in [-0.4, -0.2) is 4.98 Å². The maximum atomic E-state index is 13.3. The van der Waals surface area contributed by atoms with Gasteiger partial charge in [-0.2, -0.15) is 9.65 Å². The lowest BCUT2D eigenvalue weighted by Gasteiger charge is -2.10. The summed E-state index contributed by atoms with van der Waals surface area (Å²) in [6.45, 7) is 0. The van der Waals surface area contributed by atoms with E-state index in [1.165, 1.54) is 24.3 Å². The summed E-state index contributed by atoms with van der Waals surface area (Å²) in [5, 5.41) is 9.67. The predicted molar refractivity (Wildman–Crippen MR) is 74.0 cm³/mol. The van der Waals surface area contributed by atoms with Crippen molar-refractivity contribution >= 4 is 34.8 Å². The number of pyridine rings is 1. The molecule has 0 aliphatic rings. The smallest absolute Gasteiger partial charge is 0.213 e. The molecule has 0 aliphatic heterocycles. The van der Waals surface area contributed by atoms with Crippen LogP contribution in [0, 0.1) is 17.3 Å². The van der Waals surface area contributed by atoms with Crippen molar-refractivity contribution in [1.82, 2.24) is 4.98 Å². The van der Waals surface area contributed by atoms with Crippen molar-refractivity contribution in [3.63, 3.8) is 0 Å². The molecule has 0 spiro atoms. The lowest BCUT2D eigenvalue weighted by molar-refractivity contribution is 0.584. The Kier molecular flexibility index (Phi) is 4.26. The van der Waals surface area contributed by atoms with Gasteiger partial charge in [0.05, 0.1) is 28.2 Å². The van der Waals surface area contributed by atoms with Gasteiger partial charge in [-0.1, -0.05) is 40.9 Å². The molecule has 0 unspecified atom stereocenters. The molecule has 2 rings (SSSR count). The summed E-state index contributed by atoms with van der Waals surface area (Å²) < 4.78 is 13.3. The topological polar surface area (TPSA) is 36.7 Å². The van der Waals surface area contributed by atoms with Crippen LogP contribution in [0.5, 0.6) is 0 Å². The third kappa shape index (κ3) is 2.98. The highest BCUT2D eigenvalue weighted by atomic mass is 35.5. The molecule has 0 saturated heterocycles. The molecule has 19 heavy (non-hydrogen) atoms. The van der Waals surface area contributed by atoms with E-state index in [9.17, 15) is 4.39 Å². The molecule has 0 saturated carbocycles. The Bertz CT molecular complexity index is 657. The molecular weight excluding hydrogens is 310 g/mol. The average molecular weight is 316 g/mol. The maximum Gasteiger partial charge on any atom is 0.213 e. The maximum absolute atomic E-state index is 13.3. The molecule has 96 valence electrons. The van der Waals surface area contributed by atoms with Crippen LogP contribution in [-0.2, 0) is 6.42 Å². The van der Waals surface area contributed by atoms with Crippen LogP contribution < -0.4 is 0 Å². The predicted octanol–water partition coefficient (Wildman–Crippen LogP) is 4.91. The zero-order valence-electron chi connectivity index (χ0n) is 9.42. The summed E-state index contributed by atoms with van der Waals surface area (Å²) in [7, 11) is 0. The van der Waals surface area contributed by atoms with Crippen LogP contribution in [0.15, 0.2) is 24.3 Å². The summed E-state index contributed by atoms with van der Waals surface area (Å²) in [4.78, 5) is 3.78. The number of nitrogens with zero attached hydrogens (tertiary/aromatic N) is 2. The number of benzene rings is 1. The van der Waals surface area contributed by atoms with Gasteiger partial charge in [-0.05, 0) is 23.8 Å². The van der Waals surface area contributed by atoms with Gasteiger partial charge in [0.1, 0.15) is 0 Å². The largest absolute Gasteiger partial charge is 0.219 e. The Morgan fingerprint density at radius 2 is 1.79 bits per heavy atom. The van der Waals surface area contributed by atoms with E-state index < -0.39 is 5.95 Å². The lowest BCUT2D eigenvalue weighted by Crippen LogP contribution is -1.96. The summed E-state index contributed by atoms with van der Waals surface area (Å²) >= 11 is 18.0. The van der Waals surface area contributed by atoms with Crippen LogP contribution >= 0.6 is 34.8 Å². The SMILES string of the molecule is N#CCc1ccc(F)nc1-c1c(Cl)cc(Cl)cc1Cl. The van der Waals surface area contributed by atoms with E-state index in [2.05, 4.69) is 4.98 Å². The number of aromatic nitrogens is 1. The molecule has 0 N–H and O–H groups in total. The Labute approximate surface area is 124 Å². The van der Waals surface area contributed by atoms with Crippen molar-refractivity contribution in [2.24, 2.45) is 0 Å². The summed E-state index contributed by atoms with van der Waals surface area (Å²) in [5.41, 5.74) is 1.18. The van der Waals surface area contributed by atoms with Crippen LogP contribution in [0.3, 0.4) is 0 Å². The molecular formula is C13H6Cl3FN2. The fourth-order valence-corrected chi connectivity index (χ4v) is 2.67. The second-order valence-corrected chi connectivity index (χ2v) is 4.97. The van der Waals surface area contributed by atoms with E-state index in [-0.39, 0.29) is 22.2 Å². The van der Waals surface area contributed by atoms with Gasteiger partial charge in [0.25, 0.3) is 0 Å². The average Bonchev–Trinajstić information content (AvgIpc) is 2.31. The number of hydrogen-bond acceptors (Lipinski definition) is 2. The first-order chi connectivity index (χ1) is 9.02. The molecule has 0 fully saturated rings. The minimum absolute atomic E-state index is 0.0812. The molecule has 1 heterocycles. The van der Waals surface area contributed by atoms with E-state index in [1.807, 2.05) is 6.07 Å². The molecule has 0 atom stereocenters. The van der Waals surface area contributed by atoms with Gasteiger partial charge in [-0.15, -0.1) is 0 Å². The third-order valence-corrected chi connectivity index (χ3v) is 3.27. The highest BCUT2D eigenvalue weighted by Gasteiger charge is 2.16. The Balaban J connectivity index is 2.71.